The van der Waals surface area contributed by atoms with Crippen molar-refractivity contribution in [3.05, 3.63) is 107 Å². The van der Waals surface area contributed by atoms with Gasteiger partial charge in [0.1, 0.15) is 17.1 Å². The molecule has 0 saturated carbocycles. The van der Waals surface area contributed by atoms with E-state index in [1.165, 1.54) is 10.9 Å². The Morgan fingerprint density at radius 1 is 0.821 bits per heavy atom. The monoisotopic (exact) mass is 693 g/mol. The molecule has 3 aromatic carbocycles. The molecule has 39 heavy (non-hydrogen) atoms. The molecule has 6 rings (SSSR count). The van der Waals surface area contributed by atoms with Crippen LogP contribution in [-0.4, -0.2) is 19.6 Å². The van der Waals surface area contributed by atoms with Gasteiger partial charge in [-0.25, -0.2) is 9.97 Å². The summed E-state index contributed by atoms with van der Waals surface area (Å²) >= 11 is 0. The van der Waals surface area contributed by atoms with E-state index in [1.54, 1.807) is 6.07 Å². The first kappa shape index (κ1) is 27.1. The van der Waals surface area contributed by atoms with Gasteiger partial charge in [0.25, 0.3) is 0 Å². The van der Waals surface area contributed by atoms with Crippen molar-refractivity contribution in [1.82, 2.24) is 14.5 Å². The third-order valence-corrected chi connectivity index (χ3v) is 7.67. The van der Waals surface area contributed by atoms with Crippen LogP contribution < -0.4 is 0 Å². The van der Waals surface area contributed by atoms with Gasteiger partial charge in [-0.1, -0.05) is 70.5 Å². The summed E-state index contributed by atoms with van der Waals surface area (Å²) < 4.78 is 2.20. The molecule has 5 heteroatoms. The van der Waals surface area contributed by atoms with Crippen molar-refractivity contribution in [2.75, 3.05) is 0 Å². The molecule has 1 N–H and O–H groups in total. The van der Waals surface area contributed by atoms with Crippen LogP contribution in [0.15, 0.2) is 79.0 Å². The van der Waals surface area contributed by atoms with Gasteiger partial charge < -0.3 is 9.67 Å². The topological polar surface area (TPSA) is 50.9 Å². The van der Waals surface area contributed by atoms with Crippen molar-refractivity contribution in [2.45, 2.75) is 52.4 Å². The van der Waals surface area contributed by atoms with Crippen LogP contribution in [0.1, 0.15) is 57.0 Å². The summed E-state index contributed by atoms with van der Waals surface area (Å²) in [6, 6.07) is 28.6. The molecule has 0 atom stereocenters. The minimum Gasteiger partial charge on any atom is -0.506 e. The average Bonchev–Trinajstić information content (AvgIpc) is 3.22. The van der Waals surface area contributed by atoms with Crippen LogP contribution in [0.5, 0.6) is 5.75 Å². The van der Waals surface area contributed by atoms with Crippen LogP contribution in [0.4, 0.5) is 0 Å². The van der Waals surface area contributed by atoms with E-state index in [0.29, 0.717) is 5.52 Å². The molecule has 3 heterocycles. The second kappa shape index (κ2) is 9.61. The summed E-state index contributed by atoms with van der Waals surface area (Å²) in [7, 11) is 0. The molecule has 0 amide bonds. The number of aromatic nitrogens is 3. The number of fused-ring (bicyclic) bond motifs is 4. The Labute approximate surface area is 244 Å². The number of hydrogen-bond donors (Lipinski definition) is 1. The number of aromatic hydroxyl groups is 1. The van der Waals surface area contributed by atoms with Crippen LogP contribution in [0.3, 0.4) is 0 Å². The molecule has 0 fully saturated rings. The SMILES string of the molecule is Cc1ccnc(-n2c3[c-]c(C(C)(C)c4ccc5c(C(C)(C)C)ccc(O)c5n4)ccc3c3ccccc32)c1.[Pt]. The number of hydrogen-bond acceptors (Lipinski definition) is 3. The molecule has 0 aliphatic rings. The van der Waals surface area contributed by atoms with Crippen LogP contribution >= 0.6 is 0 Å². The van der Waals surface area contributed by atoms with Crippen molar-refractivity contribution in [2.24, 2.45) is 0 Å². The number of para-hydroxylation sites is 1. The Balaban J connectivity index is 0.00000308. The summed E-state index contributed by atoms with van der Waals surface area (Å²) in [5.41, 5.74) is 6.48. The molecule has 0 spiro atoms. The summed E-state index contributed by atoms with van der Waals surface area (Å²) in [6.45, 7) is 13.0. The van der Waals surface area contributed by atoms with Gasteiger partial charge in [0.2, 0.25) is 0 Å². The number of phenolic OH excluding ortho intramolecular Hbond substituents is 1. The zero-order valence-corrected chi connectivity index (χ0v) is 25.4. The third kappa shape index (κ3) is 4.45. The molecular weight excluding hydrogens is 661 g/mol. The molecule has 200 valence electrons. The number of benzene rings is 3. The van der Waals surface area contributed by atoms with Gasteiger partial charge in [0.05, 0.1) is 0 Å². The smallest absolute Gasteiger partial charge is 0.141 e. The van der Waals surface area contributed by atoms with Gasteiger partial charge >= 0.3 is 0 Å². The van der Waals surface area contributed by atoms with E-state index in [0.717, 1.165) is 44.4 Å². The zero-order chi connectivity index (χ0) is 26.8. The predicted octanol–water partition coefficient (Wildman–Crippen LogP) is 8.16. The molecule has 0 bridgehead atoms. The molecule has 0 saturated heterocycles. The maximum absolute atomic E-state index is 10.7. The number of rotatable bonds is 3. The van der Waals surface area contributed by atoms with Crippen molar-refractivity contribution in [3.8, 4) is 11.6 Å². The van der Waals surface area contributed by atoms with Crippen molar-refractivity contribution in [1.29, 1.82) is 0 Å². The Kier molecular flexibility index (Phi) is 6.67. The van der Waals surface area contributed by atoms with Crippen LogP contribution in [-0.2, 0) is 31.9 Å². The molecular formula is C34H32N3OPt-. The Bertz CT molecular complexity index is 1860. The summed E-state index contributed by atoms with van der Waals surface area (Å²) in [5, 5.41) is 14.1. The molecule has 0 unspecified atom stereocenters. The second-order valence-electron chi connectivity index (χ2n) is 11.8. The molecule has 0 radical (unpaired) electrons. The van der Waals surface area contributed by atoms with E-state index in [2.05, 4.69) is 107 Å². The quantitative estimate of drug-likeness (QED) is 0.191. The third-order valence-electron chi connectivity index (χ3n) is 7.67. The van der Waals surface area contributed by atoms with Gasteiger partial charge in [-0.3, -0.25) is 0 Å². The maximum atomic E-state index is 10.7. The van der Waals surface area contributed by atoms with E-state index in [1.807, 2.05) is 18.3 Å². The maximum Gasteiger partial charge on any atom is 0.141 e. The van der Waals surface area contributed by atoms with Crippen molar-refractivity contribution < 1.29 is 26.2 Å². The van der Waals surface area contributed by atoms with Gasteiger partial charge in [-0.2, -0.15) is 18.2 Å². The molecule has 6 aromatic rings. The summed E-state index contributed by atoms with van der Waals surface area (Å²) in [5.74, 6) is 1.08. The predicted molar refractivity (Wildman–Crippen MR) is 156 cm³/mol. The fourth-order valence-corrected chi connectivity index (χ4v) is 5.48. The molecule has 0 aliphatic heterocycles. The Hall–Kier alpha value is -3.49. The van der Waals surface area contributed by atoms with Gasteiger partial charge in [0, 0.05) is 49.3 Å². The number of phenols is 1. The normalized spacial score (nSPS) is 12.3. The standard InChI is InChI=1S/C34H32N3O.Pt/c1-21-17-18-35-31(19-21)37-27-10-8-7-9-23(27)24-12-11-22(20-28(24)37)34(5,6)30-16-13-25-26(33(2,3)4)14-15-29(38)32(25)36-30;/h7-19,38H,1-6H3;/q-1;. The van der Waals surface area contributed by atoms with Gasteiger partial charge in [-0.15, -0.1) is 10.9 Å². The van der Waals surface area contributed by atoms with Crippen molar-refractivity contribution in [3.63, 3.8) is 0 Å². The summed E-state index contributed by atoms with van der Waals surface area (Å²) in [4.78, 5) is 9.73. The minimum absolute atomic E-state index is 0. The van der Waals surface area contributed by atoms with E-state index < -0.39 is 5.41 Å². The fraction of sp³-hybridized carbons (Fsp3) is 0.235. The fourth-order valence-electron chi connectivity index (χ4n) is 5.48. The average molecular weight is 694 g/mol. The van der Waals surface area contributed by atoms with Crippen LogP contribution in [0.25, 0.3) is 38.5 Å². The van der Waals surface area contributed by atoms with Gasteiger partial charge in [-0.05, 0) is 59.2 Å². The van der Waals surface area contributed by atoms with E-state index in [-0.39, 0.29) is 32.2 Å². The summed E-state index contributed by atoms with van der Waals surface area (Å²) in [6.07, 6.45) is 1.86. The number of nitrogens with zero attached hydrogens (tertiary/aromatic N) is 3. The first-order valence-electron chi connectivity index (χ1n) is 13.1. The van der Waals surface area contributed by atoms with E-state index in [9.17, 15) is 5.11 Å². The zero-order valence-electron chi connectivity index (χ0n) is 23.1. The minimum atomic E-state index is -0.451. The van der Waals surface area contributed by atoms with Crippen molar-refractivity contribution >= 4 is 32.7 Å². The van der Waals surface area contributed by atoms with E-state index in [4.69, 9.17) is 9.97 Å². The second-order valence-corrected chi connectivity index (χ2v) is 11.8. The number of aryl methyl sites for hydroxylation is 1. The van der Waals surface area contributed by atoms with Crippen LogP contribution in [0, 0.1) is 13.0 Å². The van der Waals surface area contributed by atoms with E-state index >= 15 is 0 Å². The number of pyridine rings is 2. The van der Waals surface area contributed by atoms with Crippen LogP contribution in [0.2, 0.25) is 0 Å². The Morgan fingerprint density at radius 3 is 2.31 bits per heavy atom. The molecule has 0 aliphatic carbocycles. The largest absolute Gasteiger partial charge is 0.506 e. The van der Waals surface area contributed by atoms with Gasteiger partial charge in [0.15, 0.2) is 0 Å². The Morgan fingerprint density at radius 2 is 1.56 bits per heavy atom. The first-order chi connectivity index (χ1) is 18.1. The first-order valence-corrected chi connectivity index (χ1v) is 13.1. The molecule has 3 aromatic heterocycles. The molecule has 4 nitrogen and oxygen atoms in total.